The number of esters is 1. The highest BCUT2D eigenvalue weighted by Crippen LogP contribution is 2.33. The van der Waals surface area contributed by atoms with E-state index in [0.717, 1.165) is 38.5 Å². The minimum Gasteiger partial charge on any atom is -0.448 e. The average Bonchev–Trinajstić information content (AvgIpc) is 3.05. The minimum atomic E-state index is -0.910. The molecule has 140 valence electrons. The molecular weight excluding hydrogens is 348 g/mol. The molecule has 0 saturated heterocycles. The zero-order valence-corrected chi connectivity index (χ0v) is 16.3. The standard InChI is InChI=1S/C20H26N2O3S/c1-13-6-7-16-15(10-13)11-17(26-16)19(24)25-14(2)18(23)22-20(12-21)8-4-3-5-9-20/h11,13-14H,3-10H2,1-2H3,(H,22,23)/t13-,14+/m0/s1. The molecule has 1 N–H and O–H groups in total. The van der Waals surface area contributed by atoms with Crippen LogP contribution in [0.25, 0.3) is 0 Å². The van der Waals surface area contributed by atoms with Gasteiger partial charge in [0, 0.05) is 4.88 Å². The fraction of sp³-hybridized carbons (Fsp3) is 0.650. The predicted molar refractivity (Wildman–Crippen MR) is 100.0 cm³/mol. The lowest BCUT2D eigenvalue weighted by Gasteiger charge is -2.32. The van der Waals surface area contributed by atoms with E-state index in [0.29, 0.717) is 23.6 Å². The molecular formula is C20H26N2O3S. The maximum absolute atomic E-state index is 12.4. The van der Waals surface area contributed by atoms with E-state index < -0.39 is 23.5 Å². The molecule has 1 heterocycles. The van der Waals surface area contributed by atoms with Gasteiger partial charge in [0.15, 0.2) is 6.10 Å². The van der Waals surface area contributed by atoms with E-state index in [-0.39, 0.29) is 0 Å². The number of ether oxygens (including phenoxy) is 1. The highest BCUT2D eigenvalue weighted by Gasteiger charge is 2.35. The number of nitrogens with one attached hydrogen (secondary N) is 1. The Morgan fingerprint density at radius 3 is 2.81 bits per heavy atom. The molecule has 1 aromatic rings. The Hall–Kier alpha value is -1.87. The summed E-state index contributed by atoms with van der Waals surface area (Å²) in [5.74, 6) is -0.200. The number of hydrogen-bond acceptors (Lipinski definition) is 5. The van der Waals surface area contributed by atoms with Crippen LogP contribution in [0.15, 0.2) is 6.07 Å². The average molecular weight is 375 g/mol. The van der Waals surface area contributed by atoms with Crippen molar-refractivity contribution in [3.63, 3.8) is 0 Å². The number of carbonyl (C=O) groups is 2. The molecule has 1 fully saturated rings. The van der Waals surface area contributed by atoms with Crippen LogP contribution in [0.2, 0.25) is 0 Å². The van der Waals surface area contributed by atoms with Crippen molar-refractivity contribution in [1.29, 1.82) is 5.26 Å². The van der Waals surface area contributed by atoms with E-state index in [1.165, 1.54) is 21.8 Å². The Morgan fingerprint density at radius 1 is 1.38 bits per heavy atom. The van der Waals surface area contributed by atoms with Gasteiger partial charge in [-0.15, -0.1) is 11.3 Å². The third-order valence-corrected chi connectivity index (χ3v) is 6.68. The lowest BCUT2D eigenvalue weighted by Crippen LogP contribution is -2.52. The molecule has 26 heavy (non-hydrogen) atoms. The fourth-order valence-corrected chi connectivity index (χ4v) is 4.93. The normalized spacial score (nSPS) is 22.6. The van der Waals surface area contributed by atoms with Crippen LogP contribution in [-0.4, -0.2) is 23.5 Å². The largest absolute Gasteiger partial charge is 0.448 e. The molecule has 5 nitrogen and oxygen atoms in total. The molecule has 1 saturated carbocycles. The van der Waals surface area contributed by atoms with Gasteiger partial charge in [-0.1, -0.05) is 26.2 Å². The van der Waals surface area contributed by atoms with Gasteiger partial charge < -0.3 is 10.1 Å². The summed E-state index contributed by atoms with van der Waals surface area (Å²) in [5, 5.41) is 12.3. The van der Waals surface area contributed by atoms with Gasteiger partial charge in [-0.05, 0) is 56.6 Å². The van der Waals surface area contributed by atoms with E-state index in [1.807, 2.05) is 6.07 Å². The first-order chi connectivity index (χ1) is 12.4. The minimum absolute atomic E-state index is 0.392. The van der Waals surface area contributed by atoms with Crippen LogP contribution in [0.3, 0.4) is 0 Å². The van der Waals surface area contributed by atoms with Gasteiger partial charge in [-0.2, -0.15) is 5.26 Å². The lowest BCUT2D eigenvalue weighted by atomic mass is 9.83. The predicted octanol–water partition coefficient (Wildman–Crippen LogP) is 3.76. The number of carbonyl (C=O) groups excluding carboxylic acids is 2. The van der Waals surface area contributed by atoms with Crippen LogP contribution in [0.1, 0.15) is 72.5 Å². The van der Waals surface area contributed by atoms with E-state index in [1.54, 1.807) is 6.92 Å². The first kappa shape index (κ1) is 18.9. The van der Waals surface area contributed by atoms with E-state index >= 15 is 0 Å². The van der Waals surface area contributed by atoms with Crippen LogP contribution in [0.5, 0.6) is 0 Å². The number of amides is 1. The van der Waals surface area contributed by atoms with Gasteiger partial charge in [0.05, 0.1) is 6.07 Å². The Kier molecular flexibility index (Phi) is 5.67. The van der Waals surface area contributed by atoms with Gasteiger partial charge in [0.2, 0.25) is 0 Å². The Balaban J connectivity index is 1.60. The second kappa shape index (κ2) is 7.79. The van der Waals surface area contributed by atoms with Crippen LogP contribution in [0.4, 0.5) is 0 Å². The molecule has 2 atom stereocenters. The summed E-state index contributed by atoms with van der Waals surface area (Å²) in [6, 6.07) is 4.17. The van der Waals surface area contributed by atoms with Gasteiger partial charge in [0.1, 0.15) is 10.4 Å². The topological polar surface area (TPSA) is 79.2 Å². The second-order valence-corrected chi connectivity index (χ2v) is 8.84. The van der Waals surface area contributed by atoms with Gasteiger partial charge in [-0.3, -0.25) is 4.79 Å². The second-order valence-electron chi connectivity index (χ2n) is 7.70. The van der Waals surface area contributed by atoms with Gasteiger partial charge in [-0.25, -0.2) is 4.79 Å². The van der Waals surface area contributed by atoms with Crippen molar-refractivity contribution in [2.24, 2.45) is 5.92 Å². The summed E-state index contributed by atoms with van der Waals surface area (Å²) in [7, 11) is 0. The van der Waals surface area contributed by atoms with Crippen LogP contribution >= 0.6 is 11.3 Å². The van der Waals surface area contributed by atoms with Crippen LogP contribution in [0, 0.1) is 17.2 Å². The van der Waals surface area contributed by atoms with Crippen molar-refractivity contribution in [1.82, 2.24) is 5.32 Å². The molecule has 0 aromatic carbocycles. The zero-order chi connectivity index (χ0) is 18.7. The first-order valence-corrected chi connectivity index (χ1v) is 10.3. The first-order valence-electron chi connectivity index (χ1n) is 9.48. The third kappa shape index (κ3) is 4.09. The number of rotatable bonds is 4. The Bertz CT molecular complexity index is 728. The Morgan fingerprint density at radius 2 is 2.12 bits per heavy atom. The summed E-state index contributed by atoms with van der Waals surface area (Å²) < 4.78 is 5.38. The van der Waals surface area contributed by atoms with E-state index in [4.69, 9.17) is 4.74 Å². The molecule has 0 aliphatic heterocycles. The van der Waals surface area contributed by atoms with Crippen LogP contribution in [-0.2, 0) is 22.4 Å². The summed E-state index contributed by atoms with van der Waals surface area (Å²) in [6.45, 7) is 3.79. The number of hydrogen-bond donors (Lipinski definition) is 1. The van der Waals surface area contributed by atoms with E-state index in [2.05, 4.69) is 18.3 Å². The van der Waals surface area contributed by atoms with Crippen molar-refractivity contribution in [2.75, 3.05) is 0 Å². The number of aryl methyl sites for hydroxylation is 1. The molecule has 2 aliphatic carbocycles. The quantitative estimate of drug-likeness (QED) is 0.814. The number of thiophene rings is 1. The molecule has 3 rings (SSSR count). The molecule has 1 amide bonds. The molecule has 0 radical (unpaired) electrons. The molecule has 0 spiro atoms. The molecule has 0 unspecified atom stereocenters. The maximum atomic E-state index is 12.4. The van der Waals surface area contributed by atoms with Crippen LogP contribution < -0.4 is 5.32 Å². The van der Waals surface area contributed by atoms with Crippen molar-refractivity contribution in [3.05, 3.63) is 21.4 Å². The lowest BCUT2D eigenvalue weighted by molar-refractivity contribution is -0.130. The molecule has 1 aromatic heterocycles. The summed E-state index contributed by atoms with van der Waals surface area (Å²) >= 11 is 1.48. The maximum Gasteiger partial charge on any atom is 0.349 e. The van der Waals surface area contributed by atoms with Crippen molar-refractivity contribution in [2.45, 2.75) is 76.9 Å². The summed E-state index contributed by atoms with van der Waals surface area (Å²) in [6.07, 6.45) is 6.52. The fourth-order valence-electron chi connectivity index (χ4n) is 3.84. The number of nitrogens with zero attached hydrogens (tertiary/aromatic N) is 1. The smallest absolute Gasteiger partial charge is 0.349 e. The summed E-state index contributed by atoms with van der Waals surface area (Å²) in [4.78, 5) is 26.7. The van der Waals surface area contributed by atoms with Crippen molar-refractivity contribution in [3.8, 4) is 6.07 Å². The number of fused-ring (bicyclic) bond motifs is 1. The molecule has 0 bridgehead atoms. The monoisotopic (exact) mass is 374 g/mol. The Labute approximate surface area is 158 Å². The highest BCUT2D eigenvalue weighted by atomic mass is 32.1. The van der Waals surface area contributed by atoms with Crippen molar-refractivity contribution >= 4 is 23.2 Å². The zero-order valence-electron chi connectivity index (χ0n) is 15.5. The van der Waals surface area contributed by atoms with Gasteiger partial charge >= 0.3 is 5.97 Å². The number of nitriles is 1. The van der Waals surface area contributed by atoms with E-state index in [9.17, 15) is 14.9 Å². The molecule has 6 heteroatoms. The SMILES string of the molecule is C[C@H]1CCc2sc(C(=O)O[C@H](C)C(=O)NC3(C#N)CCCCC3)cc2C1. The van der Waals surface area contributed by atoms with Crippen molar-refractivity contribution < 1.29 is 14.3 Å². The van der Waals surface area contributed by atoms with Gasteiger partial charge in [0.25, 0.3) is 5.91 Å². The molecule has 2 aliphatic rings. The third-order valence-electron chi connectivity index (χ3n) is 5.47. The summed E-state index contributed by atoms with van der Waals surface area (Å²) in [5.41, 5.74) is 0.428. The highest BCUT2D eigenvalue weighted by molar-refractivity contribution is 7.14.